The number of aliphatic imine (C=N–C) groups is 1. The molecule has 1 aromatic heterocycles. The zero-order chi connectivity index (χ0) is 18.3. The third-order valence-corrected chi connectivity index (χ3v) is 4.09. The summed E-state index contributed by atoms with van der Waals surface area (Å²) in [5, 5.41) is 10.9. The van der Waals surface area contributed by atoms with Gasteiger partial charge in [-0.3, -0.25) is 4.99 Å². The van der Waals surface area contributed by atoms with Crippen LogP contribution in [0, 0.1) is 5.41 Å². The number of ether oxygens (including phenoxy) is 1. The first-order valence-electron chi connectivity index (χ1n) is 8.50. The number of halogens is 1. The summed E-state index contributed by atoms with van der Waals surface area (Å²) in [5.74, 6) is 0.766. The van der Waals surface area contributed by atoms with Crippen LogP contribution in [0.5, 0.6) is 0 Å². The molecule has 0 radical (unpaired) electrons. The molecule has 0 aliphatic heterocycles. The average Bonchev–Trinajstić information content (AvgIpc) is 3.12. The molecule has 2 N–H and O–H groups in total. The first-order chi connectivity index (χ1) is 11.9. The predicted molar refractivity (Wildman–Crippen MR) is 117 cm³/mol. The summed E-state index contributed by atoms with van der Waals surface area (Å²) in [6, 6.07) is 10.2. The molecule has 1 aromatic carbocycles. The molecule has 1 atom stereocenters. The maximum Gasteiger partial charge on any atom is 0.191 e. The molecule has 0 aliphatic rings. The number of rotatable bonds is 6. The summed E-state index contributed by atoms with van der Waals surface area (Å²) in [7, 11) is 3.52. The number of hydrogen-bond acceptors (Lipinski definition) is 3. The van der Waals surface area contributed by atoms with Gasteiger partial charge in [0.05, 0.1) is 11.8 Å². The van der Waals surface area contributed by atoms with E-state index in [9.17, 15) is 0 Å². The van der Waals surface area contributed by atoms with Crippen molar-refractivity contribution in [1.29, 1.82) is 0 Å². The van der Waals surface area contributed by atoms with E-state index >= 15 is 0 Å². The zero-order valence-corrected chi connectivity index (χ0v) is 18.5. The van der Waals surface area contributed by atoms with E-state index in [4.69, 9.17) is 4.74 Å². The molecular formula is C19H30IN5O. The number of hydrogen-bond donors (Lipinski definition) is 2. The van der Waals surface area contributed by atoms with Crippen LogP contribution in [0.1, 0.15) is 26.3 Å². The summed E-state index contributed by atoms with van der Waals surface area (Å²) in [4.78, 5) is 4.27. The third kappa shape index (κ3) is 6.60. The number of nitrogens with one attached hydrogen (secondary N) is 2. The number of nitrogens with zero attached hydrogens (tertiary/aromatic N) is 3. The fourth-order valence-corrected chi connectivity index (χ4v) is 2.53. The van der Waals surface area contributed by atoms with Gasteiger partial charge < -0.3 is 15.4 Å². The van der Waals surface area contributed by atoms with Gasteiger partial charge in [-0.25, -0.2) is 4.68 Å². The van der Waals surface area contributed by atoms with Crippen molar-refractivity contribution in [3.63, 3.8) is 0 Å². The molecule has 0 saturated carbocycles. The Morgan fingerprint density at radius 3 is 2.42 bits per heavy atom. The summed E-state index contributed by atoms with van der Waals surface area (Å²) >= 11 is 0. The van der Waals surface area contributed by atoms with Crippen molar-refractivity contribution in [3.8, 4) is 5.69 Å². The van der Waals surface area contributed by atoms with Crippen molar-refractivity contribution < 1.29 is 4.74 Å². The van der Waals surface area contributed by atoms with Gasteiger partial charge in [0.25, 0.3) is 0 Å². The normalized spacial score (nSPS) is 13.0. The fraction of sp³-hybridized carbons (Fsp3) is 0.474. The van der Waals surface area contributed by atoms with E-state index in [-0.39, 0.29) is 35.5 Å². The van der Waals surface area contributed by atoms with E-state index in [1.54, 1.807) is 20.4 Å². The Balaban J connectivity index is 0.00000338. The summed E-state index contributed by atoms with van der Waals surface area (Å²) in [6.45, 7) is 7.91. The molecular weight excluding hydrogens is 441 g/mol. The molecule has 144 valence electrons. The van der Waals surface area contributed by atoms with E-state index in [1.165, 1.54) is 5.56 Å². The van der Waals surface area contributed by atoms with Gasteiger partial charge in [0, 0.05) is 39.6 Å². The number of benzene rings is 1. The third-order valence-electron chi connectivity index (χ3n) is 4.09. The average molecular weight is 471 g/mol. The molecule has 26 heavy (non-hydrogen) atoms. The molecule has 2 aromatic rings. The molecule has 0 spiro atoms. The van der Waals surface area contributed by atoms with E-state index in [0.717, 1.165) is 11.6 Å². The molecule has 0 fully saturated rings. The van der Waals surface area contributed by atoms with Crippen LogP contribution in [0.4, 0.5) is 0 Å². The highest BCUT2D eigenvalue weighted by Crippen LogP contribution is 2.20. The summed E-state index contributed by atoms with van der Waals surface area (Å²) < 4.78 is 7.41. The Hall–Kier alpha value is -1.61. The lowest BCUT2D eigenvalue weighted by Crippen LogP contribution is -2.45. The smallest absolute Gasteiger partial charge is 0.191 e. The molecule has 0 saturated heterocycles. The van der Waals surface area contributed by atoms with Gasteiger partial charge in [-0.2, -0.15) is 5.10 Å². The second-order valence-corrected chi connectivity index (χ2v) is 7.01. The highest BCUT2D eigenvalue weighted by Gasteiger charge is 2.24. The molecule has 6 nitrogen and oxygen atoms in total. The lowest BCUT2D eigenvalue weighted by Gasteiger charge is -2.30. The Morgan fingerprint density at radius 2 is 1.92 bits per heavy atom. The van der Waals surface area contributed by atoms with E-state index < -0.39 is 0 Å². The van der Waals surface area contributed by atoms with Crippen LogP contribution >= 0.6 is 24.0 Å². The molecule has 0 bridgehead atoms. The first kappa shape index (κ1) is 22.4. The van der Waals surface area contributed by atoms with E-state index in [2.05, 4.69) is 65.8 Å². The zero-order valence-electron chi connectivity index (χ0n) is 16.2. The highest BCUT2D eigenvalue weighted by atomic mass is 127. The van der Waals surface area contributed by atoms with Crippen molar-refractivity contribution >= 4 is 29.9 Å². The topological polar surface area (TPSA) is 63.5 Å². The van der Waals surface area contributed by atoms with Crippen LogP contribution in [0.25, 0.3) is 5.69 Å². The van der Waals surface area contributed by atoms with Gasteiger partial charge in [0.2, 0.25) is 0 Å². The van der Waals surface area contributed by atoms with E-state index in [0.29, 0.717) is 13.1 Å². The minimum absolute atomic E-state index is 0. The highest BCUT2D eigenvalue weighted by molar-refractivity contribution is 14.0. The molecule has 2 rings (SSSR count). The Morgan fingerprint density at radius 1 is 1.23 bits per heavy atom. The molecule has 0 amide bonds. The van der Waals surface area contributed by atoms with Crippen LogP contribution < -0.4 is 10.6 Å². The van der Waals surface area contributed by atoms with Crippen LogP contribution in [0.15, 0.2) is 47.7 Å². The minimum Gasteiger partial charge on any atom is -0.379 e. The van der Waals surface area contributed by atoms with Gasteiger partial charge in [0.15, 0.2) is 5.96 Å². The summed E-state index contributed by atoms with van der Waals surface area (Å²) in [6.07, 6.45) is 3.82. The molecule has 0 aliphatic carbocycles. The maximum atomic E-state index is 5.57. The van der Waals surface area contributed by atoms with E-state index in [1.807, 2.05) is 16.9 Å². The lowest BCUT2D eigenvalue weighted by molar-refractivity contribution is 0.0205. The van der Waals surface area contributed by atoms with Crippen LogP contribution in [0.3, 0.4) is 0 Å². The Labute approximate surface area is 173 Å². The van der Waals surface area contributed by atoms with Crippen LogP contribution in [-0.4, -0.2) is 42.5 Å². The largest absolute Gasteiger partial charge is 0.379 e. The first-order valence-corrected chi connectivity index (χ1v) is 8.50. The monoisotopic (exact) mass is 471 g/mol. The maximum absolute atomic E-state index is 5.57. The van der Waals surface area contributed by atoms with Crippen LogP contribution in [-0.2, 0) is 11.3 Å². The molecule has 1 unspecified atom stereocenters. The van der Waals surface area contributed by atoms with Gasteiger partial charge in [-0.15, -0.1) is 24.0 Å². The second-order valence-electron chi connectivity index (χ2n) is 7.01. The predicted octanol–water partition coefficient (Wildman–Crippen LogP) is 3.22. The van der Waals surface area contributed by atoms with Crippen LogP contribution in [0.2, 0.25) is 0 Å². The Kier molecular flexibility index (Phi) is 9.07. The standard InChI is InChI=1S/C19H29N5O.HI/c1-19(2,3)17(25-5)14-22-18(20-4)21-13-15-7-9-16(10-8-15)24-12-6-11-23-24;/h6-12,17H,13-14H2,1-5H3,(H2,20,21,22);1H. The molecule has 7 heteroatoms. The van der Waals surface area contributed by atoms with Gasteiger partial charge in [-0.1, -0.05) is 32.9 Å². The van der Waals surface area contributed by atoms with Crippen molar-refractivity contribution in [2.45, 2.75) is 33.4 Å². The number of guanidine groups is 1. The van der Waals surface area contributed by atoms with Gasteiger partial charge in [-0.05, 0) is 29.2 Å². The quantitative estimate of drug-likeness (QED) is 0.386. The number of aromatic nitrogens is 2. The second kappa shape index (κ2) is 10.5. The minimum atomic E-state index is 0. The number of methoxy groups -OCH3 is 1. The van der Waals surface area contributed by atoms with Crippen molar-refractivity contribution in [2.75, 3.05) is 20.7 Å². The van der Waals surface area contributed by atoms with Gasteiger partial charge >= 0.3 is 0 Å². The van der Waals surface area contributed by atoms with Crippen molar-refractivity contribution in [2.24, 2.45) is 10.4 Å². The van der Waals surface area contributed by atoms with Crippen molar-refractivity contribution in [3.05, 3.63) is 48.3 Å². The fourth-order valence-electron chi connectivity index (χ4n) is 2.53. The van der Waals surface area contributed by atoms with Crippen molar-refractivity contribution in [1.82, 2.24) is 20.4 Å². The Bertz CT molecular complexity index is 662. The summed E-state index contributed by atoms with van der Waals surface area (Å²) in [5.41, 5.74) is 2.30. The molecule has 1 heterocycles. The van der Waals surface area contributed by atoms with Gasteiger partial charge in [0.1, 0.15) is 0 Å². The SMILES string of the molecule is CN=C(NCc1ccc(-n2cccn2)cc1)NCC(OC)C(C)(C)C.I. The lowest BCUT2D eigenvalue weighted by atomic mass is 9.89.